The Balaban J connectivity index is 1.45. The van der Waals surface area contributed by atoms with Crippen LogP contribution in [-0.4, -0.2) is 28.4 Å². The Morgan fingerprint density at radius 2 is 2.07 bits per heavy atom. The molecule has 0 saturated heterocycles. The average Bonchev–Trinajstić information content (AvgIpc) is 3.27. The Morgan fingerprint density at radius 1 is 1.20 bits per heavy atom. The molecule has 1 amide bonds. The van der Waals surface area contributed by atoms with Crippen LogP contribution < -0.4 is 4.74 Å². The lowest BCUT2D eigenvalue weighted by Crippen LogP contribution is -2.38. The van der Waals surface area contributed by atoms with Gasteiger partial charge in [-0.2, -0.15) is 0 Å². The van der Waals surface area contributed by atoms with E-state index in [1.54, 1.807) is 11.3 Å². The number of carbonyl (C=O) groups is 1. The van der Waals surface area contributed by atoms with Crippen LogP contribution >= 0.6 is 11.3 Å². The molecule has 5 nitrogen and oxygen atoms in total. The maximum atomic E-state index is 12.9. The van der Waals surface area contributed by atoms with Crippen LogP contribution in [-0.2, 0) is 41.9 Å². The molecule has 0 bridgehead atoms. The van der Waals surface area contributed by atoms with Crippen LogP contribution in [0.3, 0.4) is 0 Å². The lowest BCUT2D eigenvalue weighted by Gasteiger charge is -2.33. The Kier molecular flexibility index (Phi) is 5.27. The minimum Gasteiger partial charge on any atom is -0.439 e. The Bertz CT molecular complexity index is 1050. The molecule has 0 unspecified atom stereocenters. The summed E-state index contributed by atoms with van der Waals surface area (Å²) < 4.78 is 12.2. The SMILES string of the molecule is C[C@H]1Cc2c(Oc3ccccc3)nc3c(c2CO1)CN(C(=O)Cc1cccs1)CC3. The van der Waals surface area contributed by atoms with Crippen molar-refractivity contribution in [3.8, 4) is 11.6 Å². The number of para-hydroxylation sites is 1. The van der Waals surface area contributed by atoms with Crippen molar-refractivity contribution in [2.45, 2.75) is 45.4 Å². The molecule has 0 aliphatic carbocycles. The highest BCUT2D eigenvalue weighted by Gasteiger charge is 2.31. The summed E-state index contributed by atoms with van der Waals surface area (Å²) in [6.45, 7) is 3.90. The molecule has 1 atom stereocenters. The second kappa shape index (κ2) is 8.20. The average molecular weight is 421 g/mol. The fraction of sp³-hybridized carbons (Fsp3) is 0.333. The first kappa shape index (κ1) is 19.3. The molecule has 154 valence electrons. The molecule has 3 aromatic rings. The number of benzene rings is 1. The maximum Gasteiger partial charge on any atom is 0.228 e. The van der Waals surface area contributed by atoms with Gasteiger partial charge in [0, 0.05) is 36.4 Å². The number of ether oxygens (including phenoxy) is 2. The van der Waals surface area contributed by atoms with Gasteiger partial charge in [-0.25, -0.2) is 4.98 Å². The number of nitrogens with zero attached hydrogens (tertiary/aromatic N) is 2. The first-order valence-electron chi connectivity index (χ1n) is 10.4. The topological polar surface area (TPSA) is 51.7 Å². The van der Waals surface area contributed by atoms with E-state index in [1.807, 2.05) is 52.7 Å². The predicted molar refractivity (Wildman–Crippen MR) is 116 cm³/mol. The maximum absolute atomic E-state index is 12.9. The van der Waals surface area contributed by atoms with Gasteiger partial charge < -0.3 is 14.4 Å². The fourth-order valence-electron chi connectivity index (χ4n) is 4.18. The van der Waals surface area contributed by atoms with Crippen molar-refractivity contribution in [2.75, 3.05) is 6.54 Å². The molecule has 0 N–H and O–H groups in total. The van der Waals surface area contributed by atoms with E-state index < -0.39 is 0 Å². The molecule has 2 aliphatic heterocycles. The zero-order valence-electron chi connectivity index (χ0n) is 17.0. The third-order valence-corrected chi connectivity index (χ3v) is 6.64. The monoisotopic (exact) mass is 420 g/mol. The highest BCUT2D eigenvalue weighted by atomic mass is 32.1. The second-order valence-electron chi connectivity index (χ2n) is 7.86. The van der Waals surface area contributed by atoms with Crippen LogP contribution in [0.15, 0.2) is 47.8 Å². The summed E-state index contributed by atoms with van der Waals surface area (Å²) in [4.78, 5) is 20.8. The molecule has 6 heteroatoms. The summed E-state index contributed by atoms with van der Waals surface area (Å²) >= 11 is 1.63. The number of amides is 1. The number of hydrogen-bond acceptors (Lipinski definition) is 5. The molecule has 0 fully saturated rings. The number of fused-ring (bicyclic) bond motifs is 3. The van der Waals surface area contributed by atoms with E-state index in [2.05, 4.69) is 6.92 Å². The highest BCUT2D eigenvalue weighted by molar-refractivity contribution is 7.10. The molecule has 5 rings (SSSR count). The number of aromatic nitrogens is 1. The zero-order valence-corrected chi connectivity index (χ0v) is 17.8. The van der Waals surface area contributed by atoms with Crippen molar-refractivity contribution < 1.29 is 14.3 Å². The largest absolute Gasteiger partial charge is 0.439 e. The van der Waals surface area contributed by atoms with Crippen LogP contribution in [0.25, 0.3) is 0 Å². The van der Waals surface area contributed by atoms with Crippen LogP contribution in [0.1, 0.15) is 34.2 Å². The van der Waals surface area contributed by atoms with Gasteiger partial charge in [0.2, 0.25) is 11.8 Å². The molecular weight excluding hydrogens is 396 g/mol. The van der Waals surface area contributed by atoms with Crippen LogP contribution in [0.5, 0.6) is 11.6 Å². The number of rotatable bonds is 4. The molecule has 30 heavy (non-hydrogen) atoms. The summed E-state index contributed by atoms with van der Waals surface area (Å²) in [7, 11) is 0. The number of carbonyl (C=O) groups excluding carboxylic acids is 1. The summed E-state index contributed by atoms with van der Waals surface area (Å²) in [5, 5.41) is 2.02. The molecular formula is C24H24N2O3S. The molecule has 2 aromatic heterocycles. The summed E-state index contributed by atoms with van der Waals surface area (Å²) in [5.41, 5.74) is 4.43. The Morgan fingerprint density at radius 3 is 2.87 bits per heavy atom. The number of thiophene rings is 1. The minimum atomic E-state index is 0.121. The summed E-state index contributed by atoms with van der Waals surface area (Å²) in [5.74, 6) is 1.64. The van der Waals surface area contributed by atoms with Crippen molar-refractivity contribution in [3.63, 3.8) is 0 Å². The van der Waals surface area contributed by atoms with Crippen molar-refractivity contribution in [1.82, 2.24) is 9.88 Å². The lowest BCUT2D eigenvalue weighted by atomic mass is 9.92. The second-order valence-corrected chi connectivity index (χ2v) is 8.89. The minimum absolute atomic E-state index is 0.121. The van der Waals surface area contributed by atoms with E-state index in [0.29, 0.717) is 32.0 Å². The van der Waals surface area contributed by atoms with Gasteiger partial charge in [-0.1, -0.05) is 24.3 Å². The van der Waals surface area contributed by atoms with Gasteiger partial charge in [0.25, 0.3) is 0 Å². The Labute approximate surface area is 180 Å². The van der Waals surface area contributed by atoms with Crippen molar-refractivity contribution in [2.24, 2.45) is 0 Å². The molecule has 4 heterocycles. The van der Waals surface area contributed by atoms with E-state index >= 15 is 0 Å². The van der Waals surface area contributed by atoms with Crippen molar-refractivity contribution in [3.05, 3.63) is 75.1 Å². The fourth-order valence-corrected chi connectivity index (χ4v) is 4.87. The number of pyridine rings is 1. The summed E-state index contributed by atoms with van der Waals surface area (Å²) in [6.07, 6.45) is 2.09. The standard InChI is InChI=1S/C24H24N2O3S/c1-16-12-19-21(15-28-16)20-14-26(23(27)13-18-8-5-11-30-18)10-9-22(20)25-24(19)29-17-6-3-2-4-7-17/h2-8,11,16H,9-10,12-15H2,1H3/t16-/m0/s1. The van der Waals surface area contributed by atoms with Crippen LogP contribution in [0.4, 0.5) is 0 Å². The summed E-state index contributed by atoms with van der Waals surface area (Å²) in [6, 6.07) is 13.8. The van der Waals surface area contributed by atoms with E-state index in [-0.39, 0.29) is 12.0 Å². The van der Waals surface area contributed by atoms with Crippen molar-refractivity contribution in [1.29, 1.82) is 0 Å². The van der Waals surface area contributed by atoms with E-state index in [0.717, 1.165) is 45.9 Å². The molecule has 1 aromatic carbocycles. The highest BCUT2D eigenvalue weighted by Crippen LogP contribution is 2.36. The van der Waals surface area contributed by atoms with E-state index in [4.69, 9.17) is 14.5 Å². The van der Waals surface area contributed by atoms with Crippen LogP contribution in [0.2, 0.25) is 0 Å². The van der Waals surface area contributed by atoms with Gasteiger partial charge in [-0.15, -0.1) is 11.3 Å². The van der Waals surface area contributed by atoms with Gasteiger partial charge in [0.05, 0.1) is 24.8 Å². The van der Waals surface area contributed by atoms with Gasteiger partial charge in [0.1, 0.15) is 5.75 Å². The van der Waals surface area contributed by atoms with Crippen LogP contribution in [0, 0.1) is 0 Å². The smallest absolute Gasteiger partial charge is 0.228 e. The van der Waals surface area contributed by atoms with Crippen molar-refractivity contribution >= 4 is 17.2 Å². The normalized spacial score (nSPS) is 17.9. The molecule has 0 radical (unpaired) electrons. The lowest BCUT2D eigenvalue weighted by molar-refractivity contribution is -0.131. The third-order valence-electron chi connectivity index (χ3n) is 5.76. The van der Waals surface area contributed by atoms with Gasteiger partial charge in [-0.05, 0) is 41.6 Å². The zero-order chi connectivity index (χ0) is 20.5. The molecule has 0 spiro atoms. The predicted octanol–water partition coefficient (Wildman–Crippen LogP) is 4.52. The third kappa shape index (κ3) is 3.85. The van der Waals surface area contributed by atoms with Gasteiger partial charge >= 0.3 is 0 Å². The first-order chi connectivity index (χ1) is 14.7. The molecule has 2 aliphatic rings. The quantitative estimate of drug-likeness (QED) is 0.623. The number of hydrogen-bond donors (Lipinski definition) is 0. The Hall–Kier alpha value is -2.70. The first-order valence-corrected chi connectivity index (χ1v) is 11.2. The van der Waals surface area contributed by atoms with E-state index in [9.17, 15) is 4.79 Å². The van der Waals surface area contributed by atoms with Gasteiger partial charge in [-0.3, -0.25) is 4.79 Å². The van der Waals surface area contributed by atoms with Gasteiger partial charge in [0.15, 0.2) is 0 Å². The van der Waals surface area contributed by atoms with E-state index in [1.165, 1.54) is 0 Å². The molecule has 0 saturated carbocycles.